The molecule has 0 spiro atoms. The van der Waals surface area contributed by atoms with Gasteiger partial charge in [-0.25, -0.2) is 0 Å². The van der Waals surface area contributed by atoms with Crippen LogP contribution >= 0.6 is 11.3 Å². The molecule has 2 bridgehead atoms. The van der Waals surface area contributed by atoms with Crippen LogP contribution in [0.1, 0.15) is 57.1 Å². The first kappa shape index (κ1) is 39.5. The van der Waals surface area contributed by atoms with E-state index < -0.39 is 8.07 Å². The van der Waals surface area contributed by atoms with Gasteiger partial charge in [-0.2, -0.15) is 11.3 Å². The Hall–Kier alpha value is -3.73. The van der Waals surface area contributed by atoms with Crippen molar-refractivity contribution in [3.8, 4) is 33.6 Å². The molecule has 1 radical (unpaired) electrons. The number of aromatic nitrogens is 2. The molecule has 7 aromatic rings. The fraction of sp³-hybridized carbons (Fsp3) is 0.320. The van der Waals surface area contributed by atoms with Gasteiger partial charge in [0.25, 0.3) is 0 Å². The molecule has 0 saturated heterocycles. The number of fused-ring (bicyclic) bond motifs is 6. The van der Waals surface area contributed by atoms with Gasteiger partial charge in [0.1, 0.15) is 0 Å². The fourth-order valence-corrected chi connectivity index (χ4v) is 11.9. The predicted molar refractivity (Wildman–Crippen MR) is 234 cm³/mol. The molecule has 3 fully saturated rings. The summed E-state index contributed by atoms with van der Waals surface area (Å²) in [6.45, 7) is 11.7. The van der Waals surface area contributed by atoms with Crippen molar-refractivity contribution in [1.29, 1.82) is 0 Å². The Morgan fingerprint density at radius 2 is 1.56 bits per heavy atom. The van der Waals surface area contributed by atoms with E-state index in [0.29, 0.717) is 5.92 Å². The maximum atomic E-state index is 4.81. The van der Waals surface area contributed by atoms with Gasteiger partial charge in [0.2, 0.25) is 0 Å². The van der Waals surface area contributed by atoms with E-state index in [9.17, 15) is 0 Å². The Kier molecular flexibility index (Phi) is 12.3. The summed E-state index contributed by atoms with van der Waals surface area (Å²) < 4.78 is 2.62. The minimum atomic E-state index is -1.34. The van der Waals surface area contributed by atoms with Gasteiger partial charge in [-0.1, -0.05) is 117 Å². The smallest absolute Gasteiger partial charge is 0.0798 e. The number of nitrogens with zero attached hydrogens (tertiary/aromatic N) is 2. The predicted octanol–water partition coefficient (Wildman–Crippen LogP) is 13.2. The van der Waals surface area contributed by atoms with Crippen LogP contribution in [0.3, 0.4) is 0 Å². The Morgan fingerprint density at radius 3 is 2.27 bits per heavy atom. The molecule has 5 heteroatoms. The normalized spacial score (nSPS) is 17.9. The quantitative estimate of drug-likeness (QED) is 0.112. The molecule has 283 valence electrons. The first-order chi connectivity index (χ1) is 26.2. The molecular formula is C50H52IrN2SSi-2. The van der Waals surface area contributed by atoms with E-state index in [1.54, 1.807) is 0 Å². The second kappa shape index (κ2) is 17.2. The van der Waals surface area contributed by atoms with Crippen molar-refractivity contribution in [2.45, 2.75) is 78.4 Å². The van der Waals surface area contributed by atoms with Gasteiger partial charge in [0.15, 0.2) is 0 Å². The van der Waals surface area contributed by atoms with E-state index in [2.05, 4.69) is 142 Å². The molecule has 3 heterocycles. The molecule has 1 unspecified atom stereocenters. The zero-order valence-electron chi connectivity index (χ0n) is 32.9. The van der Waals surface area contributed by atoms with Crippen molar-refractivity contribution in [2.75, 3.05) is 0 Å². The first-order valence-corrected chi connectivity index (χ1v) is 24.4. The number of thiophene rings is 1. The summed E-state index contributed by atoms with van der Waals surface area (Å²) in [5.74, 6) is 3.46. The van der Waals surface area contributed by atoms with Gasteiger partial charge in [-0.05, 0) is 106 Å². The molecule has 0 aliphatic heterocycles. The van der Waals surface area contributed by atoms with Crippen LogP contribution in [0.25, 0.3) is 53.8 Å². The third-order valence-corrected chi connectivity index (χ3v) is 15.0. The molecular weight excluding hydrogens is 881 g/mol. The van der Waals surface area contributed by atoms with Crippen LogP contribution in [-0.4, -0.2) is 18.0 Å². The first-order valence-electron chi connectivity index (χ1n) is 20.0. The zero-order chi connectivity index (χ0) is 37.2. The van der Waals surface area contributed by atoms with Crippen molar-refractivity contribution in [3.05, 3.63) is 139 Å². The second-order valence-electron chi connectivity index (χ2n) is 17.2. The summed E-state index contributed by atoms with van der Waals surface area (Å²) in [6.07, 6.45) is 13.7. The minimum Gasteiger partial charge on any atom is -0.305 e. The average molecular weight is 933 g/mol. The molecule has 3 aliphatic rings. The third kappa shape index (κ3) is 8.97. The van der Waals surface area contributed by atoms with Crippen molar-refractivity contribution in [1.82, 2.24) is 9.97 Å². The minimum absolute atomic E-state index is 0. The standard InChI is InChI=1S/C32H28NS.C18H24NSi.Ir/c1-2-5-23(6-3-1)25-13-14-27-28-7-4-8-29(32(28)34-31(27)20-25)30-19-22(15-16-33-30)18-26-17-21-9-11-24(26)12-10-21;1-14(2)11-16-12-17(15-9-7-6-8-10-15)19-13-18(16)20(3,4)5;/h1-7,13-16,19-21,24,26H,9-12,17-18H2;6-9,12-14H,11H2,1-5H3;/q2*-1;. The van der Waals surface area contributed by atoms with Gasteiger partial charge in [0.05, 0.1) is 8.07 Å². The molecule has 1 atom stereocenters. The number of hydrogen-bond donors (Lipinski definition) is 0. The van der Waals surface area contributed by atoms with Crippen LogP contribution in [0.5, 0.6) is 0 Å². The summed E-state index contributed by atoms with van der Waals surface area (Å²) in [7, 11) is -1.34. The summed E-state index contributed by atoms with van der Waals surface area (Å²) in [5.41, 5.74) is 9.79. The molecule has 2 nitrogen and oxygen atoms in total. The second-order valence-corrected chi connectivity index (χ2v) is 23.2. The van der Waals surface area contributed by atoms with Gasteiger partial charge >= 0.3 is 0 Å². The average Bonchev–Trinajstić information content (AvgIpc) is 3.57. The maximum Gasteiger partial charge on any atom is 0.0798 e. The van der Waals surface area contributed by atoms with Crippen LogP contribution in [-0.2, 0) is 32.9 Å². The van der Waals surface area contributed by atoms with Crippen molar-refractivity contribution >= 4 is 44.8 Å². The summed E-state index contributed by atoms with van der Waals surface area (Å²) in [5, 5.41) is 4.13. The number of hydrogen-bond acceptors (Lipinski definition) is 3. The van der Waals surface area contributed by atoms with Crippen LogP contribution < -0.4 is 5.19 Å². The van der Waals surface area contributed by atoms with E-state index in [1.807, 2.05) is 35.7 Å². The van der Waals surface area contributed by atoms with Crippen LogP contribution in [0, 0.1) is 35.8 Å². The molecule has 3 aliphatic carbocycles. The van der Waals surface area contributed by atoms with Crippen molar-refractivity contribution in [2.24, 2.45) is 23.7 Å². The van der Waals surface area contributed by atoms with Gasteiger partial charge in [-0.3, -0.25) is 0 Å². The van der Waals surface area contributed by atoms with Gasteiger partial charge < -0.3 is 9.97 Å². The summed E-state index contributed by atoms with van der Waals surface area (Å²) in [4.78, 5) is 9.50. The largest absolute Gasteiger partial charge is 0.305 e. The molecule has 10 rings (SSSR count). The molecule has 3 saturated carbocycles. The molecule has 0 amide bonds. The number of pyridine rings is 2. The van der Waals surface area contributed by atoms with E-state index in [0.717, 1.165) is 46.7 Å². The van der Waals surface area contributed by atoms with E-state index in [1.165, 1.54) is 86.1 Å². The number of rotatable bonds is 8. The monoisotopic (exact) mass is 933 g/mol. The van der Waals surface area contributed by atoms with Gasteiger partial charge in [0, 0.05) is 37.2 Å². The van der Waals surface area contributed by atoms with E-state index in [-0.39, 0.29) is 20.1 Å². The fourth-order valence-electron chi connectivity index (χ4n) is 9.03. The van der Waals surface area contributed by atoms with E-state index in [4.69, 9.17) is 4.98 Å². The Morgan fingerprint density at radius 1 is 0.764 bits per heavy atom. The Balaban J connectivity index is 0.000000191. The summed E-state index contributed by atoms with van der Waals surface area (Å²) in [6, 6.07) is 43.5. The third-order valence-electron chi connectivity index (χ3n) is 11.7. The topological polar surface area (TPSA) is 25.8 Å². The molecule has 4 aromatic carbocycles. The van der Waals surface area contributed by atoms with E-state index >= 15 is 0 Å². The SMILES string of the molecule is CC(C)Cc1cc(-c2[c-]cccc2)ncc1[Si](C)(C)C.[Ir].[c-]1ccc2c(sc3cc(-c4ccccc4)ccc32)c1-c1cc(CC2CC3CCC2CC3)ccn1. The molecule has 0 N–H and O–H groups in total. The van der Waals surface area contributed by atoms with Crippen LogP contribution in [0.15, 0.2) is 116 Å². The molecule has 3 aromatic heterocycles. The Bertz CT molecular complexity index is 2350. The van der Waals surface area contributed by atoms with Crippen molar-refractivity contribution < 1.29 is 20.1 Å². The van der Waals surface area contributed by atoms with Gasteiger partial charge in [-0.15, -0.1) is 59.7 Å². The Labute approximate surface area is 347 Å². The van der Waals surface area contributed by atoms with Crippen molar-refractivity contribution in [3.63, 3.8) is 0 Å². The maximum absolute atomic E-state index is 4.81. The van der Waals surface area contributed by atoms with Crippen LogP contribution in [0.2, 0.25) is 19.6 Å². The molecule has 55 heavy (non-hydrogen) atoms. The summed E-state index contributed by atoms with van der Waals surface area (Å²) >= 11 is 1.87. The van der Waals surface area contributed by atoms with Crippen LogP contribution in [0.4, 0.5) is 0 Å². The zero-order valence-corrected chi connectivity index (χ0v) is 37.1. The number of benzene rings is 4.